The van der Waals surface area contributed by atoms with Crippen LogP contribution in [0.25, 0.3) is 6.08 Å². The highest BCUT2D eigenvalue weighted by Gasteiger charge is 2.09. The van der Waals surface area contributed by atoms with Gasteiger partial charge >= 0.3 is 0 Å². The highest BCUT2D eigenvalue weighted by molar-refractivity contribution is 6.34. The molecule has 0 unspecified atom stereocenters. The molecule has 1 amide bonds. The predicted molar refractivity (Wildman–Crippen MR) is 134 cm³/mol. The lowest BCUT2D eigenvalue weighted by molar-refractivity contribution is -0.111. The molecule has 0 fully saturated rings. The number of carbonyl (C=O) groups is 1. The lowest BCUT2D eigenvalue weighted by Gasteiger charge is -2.13. The van der Waals surface area contributed by atoms with Gasteiger partial charge in [-0.3, -0.25) is 4.79 Å². The Bertz CT molecular complexity index is 1090. The van der Waals surface area contributed by atoms with E-state index in [0.29, 0.717) is 42.0 Å². The van der Waals surface area contributed by atoms with Gasteiger partial charge in [-0.25, -0.2) is 0 Å². The van der Waals surface area contributed by atoms with Crippen molar-refractivity contribution in [3.63, 3.8) is 0 Å². The first-order chi connectivity index (χ1) is 16.0. The fraction of sp³-hybridized carbons (Fsp3) is 0.222. The minimum atomic E-state index is -0.264. The zero-order valence-corrected chi connectivity index (χ0v) is 19.8. The van der Waals surface area contributed by atoms with Crippen molar-refractivity contribution in [1.82, 2.24) is 0 Å². The second kappa shape index (κ2) is 12.0. The van der Waals surface area contributed by atoms with Gasteiger partial charge in [-0.05, 0) is 73.9 Å². The van der Waals surface area contributed by atoms with Crippen LogP contribution in [0.4, 0.5) is 5.69 Å². The molecule has 0 bridgehead atoms. The SMILES string of the molecule is CCOc1cc(C=CC(=O)Nc2c(C)cc(C)cc2Cl)ccc1OCCOc1ccccc1. The van der Waals surface area contributed by atoms with Crippen LogP contribution in [0.3, 0.4) is 0 Å². The molecule has 0 saturated heterocycles. The maximum Gasteiger partial charge on any atom is 0.248 e. The number of hydrogen-bond donors (Lipinski definition) is 1. The molecule has 0 radical (unpaired) electrons. The maximum atomic E-state index is 12.4. The standard InChI is InChI=1S/C27H28ClNO4/c1-4-31-25-18-21(10-12-24(25)33-15-14-32-22-8-6-5-7-9-22)11-13-26(30)29-27-20(3)16-19(2)17-23(27)28/h5-13,16-18H,4,14-15H2,1-3H3,(H,29,30). The van der Waals surface area contributed by atoms with E-state index in [9.17, 15) is 4.79 Å². The van der Waals surface area contributed by atoms with E-state index in [0.717, 1.165) is 22.4 Å². The van der Waals surface area contributed by atoms with E-state index in [4.69, 9.17) is 25.8 Å². The number of halogens is 1. The monoisotopic (exact) mass is 465 g/mol. The number of para-hydroxylation sites is 1. The molecule has 0 spiro atoms. The Morgan fingerprint density at radius 2 is 1.70 bits per heavy atom. The summed E-state index contributed by atoms with van der Waals surface area (Å²) in [7, 11) is 0. The van der Waals surface area contributed by atoms with Crippen LogP contribution in [0.2, 0.25) is 5.02 Å². The van der Waals surface area contributed by atoms with Crippen molar-refractivity contribution in [3.8, 4) is 17.2 Å². The number of anilines is 1. The summed E-state index contributed by atoms with van der Waals surface area (Å²) < 4.78 is 17.2. The minimum Gasteiger partial charge on any atom is -0.490 e. The van der Waals surface area contributed by atoms with E-state index in [2.05, 4.69) is 5.32 Å². The van der Waals surface area contributed by atoms with Gasteiger partial charge in [0.15, 0.2) is 11.5 Å². The summed E-state index contributed by atoms with van der Waals surface area (Å²) in [6, 6.07) is 18.9. The fourth-order valence-corrected chi connectivity index (χ4v) is 3.62. The molecular weight excluding hydrogens is 438 g/mol. The first-order valence-electron chi connectivity index (χ1n) is 10.8. The molecule has 0 aliphatic carbocycles. The summed E-state index contributed by atoms with van der Waals surface area (Å²) in [5.74, 6) is 1.77. The van der Waals surface area contributed by atoms with Crippen LogP contribution in [0, 0.1) is 13.8 Å². The highest BCUT2D eigenvalue weighted by atomic mass is 35.5. The second-order valence-electron chi connectivity index (χ2n) is 7.41. The fourth-order valence-electron chi connectivity index (χ4n) is 3.25. The van der Waals surface area contributed by atoms with Crippen LogP contribution in [0.1, 0.15) is 23.6 Å². The third-order valence-electron chi connectivity index (χ3n) is 4.73. The van der Waals surface area contributed by atoms with Crippen LogP contribution in [0.5, 0.6) is 17.2 Å². The van der Waals surface area contributed by atoms with Crippen LogP contribution in [-0.4, -0.2) is 25.7 Å². The zero-order valence-electron chi connectivity index (χ0n) is 19.1. The van der Waals surface area contributed by atoms with Crippen LogP contribution < -0.4 is 19.5 Å². The van der Waals surface area contributed by atoms with Gasteiger partial charge in [-0.15, -0.1) is 0 Å². The number of nitrogens with one attached hydrogen (secondary N) is 1. The third kappa shape index (κ3) is 7.29. The molecule has 0 atom stereocenters. The van der Waals surface area contributed by atoms with Crippen LogP contribution in [0.15, 0.2) is 66.7 Å². The molecule has 0 aliphatic rings. The van der Waals surface area contributed by atoms with E-state index in [1.807, 2.05) is 81.4 Å². The Hall–Kier alpha value is -3.44. The third-order valence-corrected chi connectivity index (χ3v) is 5.03. The molecule has 33 heavy (non-hydrogen) atoms. The molecule has 0 aromatic heterocycles. The lowest BCUT2D eigenvalue weighted by Crippen LogP contribution is -2.10. The number of amides is 1. The van der Waals surface area contributed by atoms with Crippen molar-refractivity contribution in [2.45, 2.75) is 20.8 Å². The summed E-state index contributed by atoms with van der Waals surface area (Å²) in [6.07, 6.45) is 3.19. The molecule has 6 heteroatoms. The van der Waals surface area contributed by atoms with Gasteiger partial charge in [0.2, 0.25) is 5.91 Å². The molecular formula is C27H28ClNO4. The smallest absolute Gasteiger partial charge is 0.248 e. The number of aryl methyl sites for hydroxylation is 2. The second-order valence-corrected chi connectivity index (χ2v) is 7.82. The van der Waals surface area contributed by atoms with Crippen molar-refractivity contribution in [3.05, 3.63) is 88.5 Å². The summed E-state index contributed by atoms with van der Waals surface area (Å²) >= 11 is 6.28. The molecule has 172 valence electrons. The minimum absolute atomic E-state index is 0.264. The Morgan fingerprint density at radius 3 is 2.42 bits per heavy atom. The zero-order chi connectivity index (χ0) is 23.6. The van der Waals surface area contributed by atoms with Gasteiger partial charge in [0, 0.05) is 6.08 Å². The summed E-state index contributed by atoms with van der Waals surface area (Å²) in [5.41, 5.74) is 3.39. The first kappa shape index (κ1) is 24.2. The van der Waals surface area contributed by atoms with Crippen molar-refractivity contribution in [1.29, 1.82) is 0 Å². The Labute approximate surface area is 199 Å². The van der Waals surface area contributed by atoms with E-state index < -0.39 is 0 Å². The van der Waals surface area contributed by atoms with Crippen molar-refractivity contribution < 1.29 is 19.0 Å². The molecule has 0 saturated carbocycles. The van der Waals surface area contributed by atoms with Crippen molar-refractivity contribution in [2.75, 3.05) is 25.1 Å². The molecule has 3 aromatic rings. The maximum absolute atomic E-state index is 12.4. The molecule has 5 nitrogen and oxygen atoms in total. The van der Waals surface area contributed by atoms with Crippen LogP contribution >= 0.6 is 11.6 Å². The number of rotatable bonds is 10. The summed E-state index contributed by atoms with van der Waals surface area (Å²) in [5, 5.41) is 3.37. The largest absolute Gasteiger partial charge is 0.490 e. The number of benzene rings is 3. The highest BCUT2D eigenvalue weighted by Crippen LogP contribution is 2.30. The van der Waals surface area contributed by atoms with Gasteiger partial charge in [0.25, 0.3) is 0 Å². The van der Waals surface area contributed by atoms with Gasteiger partial charge in [-0.1, -0.05) is 41.9 Å². The molecule has 0 aliphatic heterocycles. The number of carbonyl (C=O) groups excluding carboxylic acids is 1. The van der Waals surface area contributed by atoms with Crippen molar-refractivity contribution >= 4 is 29.3 Å². The van der Waals surface area contributed by atoms with E-state index >= 15 is 0 Å². The average molecular weight is 466 g/mol. The van der Waals surface area contributed by atoms with E-state index in [-0.39, 0.29) is 5.91 Å². The Kier molecular flexibility index (Phi) is 8.79. The number of ether oxygens (including phenoxy) is 3. The molecule has 3 rings (SSSR count). The Morgan fingerprint density at radius 1 is 0.939 bits per heavy atom. The first-order valence-corrected chi connectivity index (χ1v) is 11.2. The average Bonchev–Trinajstić information content (AvgIpc) is 2.79. The summed E-state index contributed by atoms with van der Waals surface area (Å²) in [4.78, 5) is 12.4. The quantitative estimate of drug-likeness (QED) is 0.275. The Balaban J connectivity index is 1.60. The van der Waals surface area contributed by atoms with Gasteiger partial charge in [0.1, 0.15) is 19.0 Å². The van der Waals surface area contributed by atoms with Gasteiger partial charge in [0.05, 0.1) is 17.3 Å². The predicted octanol–water partition coefficient (Wildman–Crippen LogP) is 6.47. The van der Waals surface area contributed by atoms with E-state index in [1.165, 1.54) is 6.08 Å². The topological polar surface area (TPSA) is 56.8 Å². The molecule has 3 aromatic carbocycles. The van der Waals surface area contributed by atoms with Crippen LogP contribution in [-0.2, 0) is 4.79 Å². The van der Waals surface area contributed by atoms with E-state index in [1.54, 1.807) is 6.08 Å². The molecule has 0 heterocycles. The van der Waals surface area contributed by atoms with Crippen molar-refractivity contribution in [2.24, 2.45) is 0 Å². The van der Waals surface area contributed by atoms with Gasteiger partial charge in [-0.2, -0.15) is 0 Å². The number of hydrogen-bond acceptors (Lipinski definition) is 4. The lowest BCUT2D eigenvalue weighted by atomic mass is 10.1. The molecule has 1 N–H and O–H groups in total. The summed E-state index contributed by atoms with van der Waals surface area (Å²) in [6.45, 7) is 7.07. The normalized spacial score (nSPS) is 10.8. The van der Waals surface area contributed by atoms with Gasteiger partial charge < -0.3 is 19.5 Å².